The van der Waals surface area contributed by atoms with Gasteiger partial charge in [-0.2, -0.15) is 0 Å². The minimum absolute atomic E-state index is 0.370. The number of fused-ring (bicyclic) bond motifs is 1. The van der Waals surface area contributed by atoms with Gasteiger partial charge in [0, 0.05) is 55.7 Å². The molecule has 2 aliphatic heterocycles. The molecule has 2 fully saturated rings. The first-order valence-corrected chi connectivity index (χ1v) is 11.1. The smallest absolute Gasteiger partial charge is 0.225 e. The molecule has 1 saturated carbocycles. The third-order valence-corrected chi connectivity index (χ3v) is 6.04. The zero-order valence-electron chi connectivity index (χ0n) is 17.9. The molecule has 0 N–H and O–H groups in total. The van der Waals surface area contributed by atoms with Crippen molar-refractivity contribution in [3.05, 3.63) is 29.9 Å². The Hall–Kier alpha value is -1.99. The Morgan fingerprint density at radius 2 is 1.83 bits per heavy atom. The maximum atomic E-state index is 6.06. The van der Waals surface area contributed by atoms with Crippen molar-refractivity contribution in [1.82, 2.24) is 19.9 Å². The van der Waals surface area contributed by atoms with Gasteiger partial charge in [-0.25, -0.2) is 9.97 Å². The van der Waals surface area contributed by atoms with Crippen LogP contribution in [0.5, 0.6) is 0 Å². The number of anilines is 1. The Kier molecular flexibility index (Phi) is 6.77. The first kappa shape index (κ1) is 20.3. The van der Waals surface area contributed by atoms with Crippen LogP contribution in [0, 0.1) is 13.8 Å². The van der Waals surface area contributed by atoms with Gasteiger partial charge in [-0.1, -0.05) is 6.42 Å². The van der Waals surface area contributed by atoms with Gasteiger partial charge >= 0.3 is 0 Å². The van der Waals surface area contributed by atoms with Crippen LogP contribution >= 0.6 is 0 Å². The minimum atomic E-state index is 0.370. The molecule has 1 atom stereocenters. The number of aryl methyl sites for hydroxylation is 2. The van der Waals surface area contributed by atoms with Crippen molar-refractivity contribution in [1.29, 1.82) is 0 Å². The Morgan fingerprint density at radius 3 is 2.62 bits per heavy atom. The van der Waals surface area contributed by atoms with Gasteiger partial charge in [0.05, 0.1) is 12.6 Å². The first-order valence-electron chi connectivity index (χ1n) is 11.1. The van der Waals surface area contributed by atoms with Gasteiger partial charge in [-0.3, -0.25) is 19.8 Å². The Bertz CT molecular complexity index is 721. The van der Waals surface area contributed by atoms with Crippen molar-refractivity contribution >= 4 is 11.7 Å². The van der Waals surface area contributed by atoms with Crippen molar-refractivity contribution in [2.45, 2.75) is 58.4 Å². The summed E-state index contributed by atoms with van der Waals surface area (Å²) in [5, 5.41) is 2.05. The van der Waals surface area contributed by atoms with Crippen molar-refractivity contribution in [3.8, 4) is 0 Å². The molecule has 1 aromatic heterocycles. The third-order valence-electron chi connectivity index (χ3n) is 6.04. The van der Waals surface area contributed by atoms with E-state index < -0.39 is 0 Å². The van der Waals surface area contributed by atoms with Gasteiger partial charge in [0.1, 0.15) is 0 Å². The summed E-state index contributed by atoms with van der Waals surface area (Å²) >= 11 is 0. The standard InChI is InChI=1S/C22H34N6O/c1-18-17-19(2)25-22(24-18)27-14-12-26(13-15-27)10-5-6-16-29-28-11-9-23-20-7-3-4-8-21(20)28/h9,11,17,21H,3-8,10,12-16H2,1-2H3. The maximum Gasteiger partial charge on any atom is 0.225 e. The lowest BCUT2D eigenvalue weighted by Crippen LogP contribution is -2.47. The lowest BCUT2D eigenvalue weighted by Gasteiger charge is -2.35. The number of piperazine rings is 1. The van der Waals surface area contributed by atoms with E-state index in [4.69, 9.17) is 4.84 Å². The van der Waals surface area contributed by atoms with E-state index >= 15 is 0 Å². The fraction of sp³-hybridized carbons (Fsp3) is 0.682. The number of aromatic nitrogens is 2. The molecule has 7 nitrogen and oxygen atoms in total. The molecular weight excluding hydrogens is 364 g/mol. The van der Waals surface area contributed by atoms with Crippen LogP contribution in [0.1, 0.15) is 49.9 Å². The molecule has 1 saturated heterocycles. The number of hydrogen-bond donors (Lipinski definition) is 0. The second-order valence-electron chi connectivity index (χ2n) is 8.36. The second kappa shape index (κ2) is 9.67. The molecule has 3 heterocycles. The largest absolute Gasteiger partial charge is 0.338 e. The molecule has 29 heavy (non-hydrogen) atoms. The lowest BCUT2D eigenvalue weighted by atomic mass is 9.92. The van der Waals surface area contributed by atoms with E-state index in [0.29, 0.717) is 6.04 Å². The highest BCUT2D eigenvalue weighted by Crippen LogP contribution is 2.24. The highest BCUT2D eigenvalue weighted by atomic mass is 16.7. The van der Waals surface area contributed by atoms with Crippen LogP contribution in [-0.4, -0.2) is 71.0 Å². The zero-order chi connectivity index (χ0) is 20.1. The third kappa shape index (κ3) is 5.34. The van der Waals surface area contributed by atoms with Crippen molar-refractivity contribution in [2.24, 2.45) is 4.99 Å². The van der Waals surface area contributed by atoms with E-state index in [1.807, 2.05) is 37.4 Å². The molecule has 158 valence electrons. The summed E-state index contributed by atoms with van der Waals surface area (Å²) in [6.07, 6.45) is 11.0. The summed E-state index contributed by atoms with van der Waals surface area (Å²) in [4.78, 5) is 24.7. The van der Waals surface area contributed by atoms with E-state index in [2.05, 4.69) is 24.8 Å². The molecular formula is C22H34N6O. The Labute approximate surface area is 174 Å². The summed E-state index contributed by atoms with van der Waals surface area (Å²) in [5.41, 5.74) is 3.39. The average Bonchev–Trinajstić information content (AvgIpc) is 2.73. The van der Waals surface area contributed by atoms with Gasteiger partial charge in [0.2, 0.25) is 5.95 Å². The molecule has 0 aromatic carbocycles. The van der Waals surface area contributed by atoms with Gasteiger partial charge in [0.25, 0.3) is 0 Å². The van der Waals surface area contributed by atoms with E-state index in [1.165, 1.54) is 25.0 Å². The number of aliphatic imine (C=N–C) groups is 1. The van der Waals surface area contributed by atoms with Gasteiger partial charge in [0.15, 0.2) is 0 Å². The number of rotatable bonds is 7. The van der Waals surface area contributed by atoms with Crippen LogP contribution in [0.15, 0.2) is 23.5 Å². The summed E-state index contributed by atoms with van der Waals surface area (Å²) < 4.78 is 0. The molecule has 4 rings (SSSR count). The van der Waals surface area contributed by atoms with E-state index in [-0.39, 0.29) is 0 Å². The Balaban J connectivity index is 1.13. The van der Waals surface area contributed by atoms with Crippen LogP contribution in [0.2, 0.25) is 0 Å². The predicted octanol–water partition coefficient (Wildman–Crippen LogP) is 3.10. The SMILES string of the molecule is Cc1cc(C)nc(N2CCN(CCCCON3C=CN=C4CCCCC43)CC2)n1. The van der Waals surface area contributed by atoms with Gasteiger partial charge < -0.3 is 4.90 Å². The number of hydroxylamine groups is 2. The van der Waals surface area contributed by atoms with Crippen molar-refractivity contribution in [2.75, 3.05) is 44.2 Å². The van der Waals surface area contributed by atoms with E-state index in [1.54, 1.807) is 0 Å². The van der Waals surface area contributed by atoms with Crippen molar-refractivity contribution < 1.29 is 4.84 Å². The topological polar surface area (TPSA) is 57.1 Å². The summed E-state index contributed by atoms with van der Waals surface area (Å²) in [7, 11) is 0. The fourth-order valence-electron chi connectivity index (χ4n) is 4.46. The molecule has 3 aliphatic rings. The number of hydrogen-bond acceptors (Lipinski definition) is 7. The molecule has 7 heteroatoms. The summed E-state index contributed by atoms with van der Waals surface area (Å²) in [5.74, 6) is 0.885. The lowest BCUT2D eigenvalue weighted by molar-refractivity contribution is -0.139. The number of nitrogens with zero attached hydrogens (tertiary/aromatic N) is 6. The minimum Gasteiger partial charge on any atom is -0.338 e. The van der Waals surface area contributed by atoms with Crippen LogP contribution in [0.4, 0.5) is 5.95 Å². The van der Waals surface area contributed by atoms with Crippen LogP contribution in [-0.2, 0) is 4.84 Å². The zero-order valence-corrected chi connectivity index (χ0v) is 17.9. The van der Waals surface area contributed by atoms with Gasteiger partial charge in [-0.15, -0.1) is 0 Å². The number of unbranched alkanes of at least 4 members (excludes halogenated alkanes) is 1. The van der Waals surface area contributed by atoms with Gasteiger partial charge in [-0.05, 0) is 58.6 Å². The highest BCUT2D eigenvalue weighted by Gasteiger charge is 2.27. The predicted molar refractivity (Wildman–Crippen MR) is 116 cm³/mol. The quantitative estimate of drug-likeness (QED) is 0.658. The fourth-order valence-corrected chi connectivity index (χ4v) is 4.46. The molecule has 0 bridgehead atoms. The molecule has 1 aliphatic carbocycles. The molecule has 1 unspecified atom stereocenters. The average molecular weight is 399 g/mol. The maximum absolute atomic E-state index is 6.06. The monoisotopic (exact) mass is 398 g/mol. The summed E-state index contributed by atoms with van der Waals surface area (Å²) in [6, 6.07) is 2.40. The summed E-state index contributed by atoms with van der Waals surface area (Å²) in [6.45, 7) is 10.2. The highest BCUT2D eigenvalue weighted by molar-refractivity contribution is 5.91. The Morgan fingerprint density at radius 1 is 1.03 bits per heavy atom. The molecule has 0 spiro atoms. The van der Waals surface area contributed by atoms with Crippen LogP contribution in [0.25, 0.3) is 0 Å². The molecule has 1 aromatic rings. The normalized spacial score (nSPS) is 22.6. The van der Waals surface area contributed by atoms with Crippen LogP contribution in [0.3, 0.4) is 0 Å². The molecule has 0 amide bonds. The van der Waals surface area contributed by atoms with Crippen LogP contribution < -0.4 is 4.90 Å². The van der Waals surface area contributed by atoms with E-state index in [0.717, 1.165) is 75.9 Å². The second-order valence-corrected chi connectivity index (χ2v) is 8.36. The van der Waals surface area contributed by atoms with E-state index in [9.17, 15) is 0 Å². The molecule has 0 radical (unpaired) electrons. The van der Waals surface area contributed by atoms with Crippen molar-refractivity contribution in [3.63, 3.8) is 0 Å². The first-order chi connectivity index (χ1) is 14.2.